The molecule has 3 nitrogen and oxygen atoms in total. The Kier molecular flexibility index (Phi) is 3.45. The van der Waals surface area contributed by atoms with Crippen molar-refractivity contribution in [3.8, 4) is 0 Å². The van der Waals surface area contributed by atoms with E-state index in [0.29, 0.717) is 10.7 Å². The van der Waals surface area contributed by atoms with Gasteiger partial charge in [-0.15, -0.1) is 0 Å². The molecule has 4 aliphatic rings. The second-order valence-corrected chi connectivity index (χ2v) is 9.12. The molecule has 4 rings (SSSR count). The van der Waals surface area contributed by atoms with Crippen molar-refractivity contribution in [1.29, 1.82) is 0 Å². The standard InChI is InChI=1S/C15H24BrNO2/c1-10(8-18)17-13(19)7-14-3-11-2-12(4-14)6-15(16,5-11)9-14/h10-12,18H,2-9H2,1H3,(H,17,19). The molecule has 4 heteroatoms. The number of aliphatic hydroxyl groups is 1. The van der Waals surface area contributed by atoms with E-state index in [9.17, 15) is 4.79 Å². The van der Waals surface area contributed by atoms with Gasteiger partial charge in [0.2, 0.25) is 5.91 Å². The van der Waals surface area contributed by atoms with Gasteiger partial charge in [0.25, 0.3) is 0 Å². The number of rotatable bonds is 4. The molecule has 0 saturated heterocycles. The molecular weight excluding hydrogens is 306 g/mol. The Balaban J connectivity index is 1.68. The van der Waals surface area contributed by atoms with Crippen LogP contribution in [0.4, 0.5) is 0 Å². The first kappa shape index (κ1) is 13.9. The lowest BCUT2D eigenvalue weighted by Gasteiger charge is -2.60. The zero-order valence-electron chi connectivity index (χ0n) is 11.6. The molecule has 19 heavy (non-hydrogen) atoms. The summed E-state index contributed by atoms with van der Waals surface area (Å²) in [4.78, 5) is 12.2. The number of alkyl halides is 1. The van der Waals surface area contributed by atoms with Crippen molar-refractivity contribution in [2.45, 2.75) is 62.2 Å². The highest BCUT2D eigenvalue weighted by atomic mass is 79.9. The highest BCUT2D eigenvalue weighted by Gasteiger charge is 2.57. The monoisotopic (exact) mass is 329 g/mol. The fourth-order valence-corrected chi connectivity index (χ4v) is 6.77. The summed E-state index contributed by atoms with van der Waals surface area (Å²) < 4.78 is 0.319. The molecule has 108 valence electrons. The van der Waals surface area contributed by atoms with Crippen LogP contribution in [0.1, 0.15) is 51.9 Å². The Hall–Kier alpha value is -0.0900. The normalized spacial score (nSPS) is 45.2. The molecule has 4 bridgehead atoms. The molecule has 4 saturated carbocycles. The van der Waals surface area contributed by atoms with Crippen LogP contribution in [0, 0.1) is 17.3 Å². The quantitative estimate of drug-likeness (QED) is 0.779. The van der Waals surface area contributed by atoms with E-state index in [4.69, 9.17) is 5.11 Å². The molecule has 3 unspecified atom stereocenters. The number of hydrogen-bond donors (Lipinski definition) is 2. The maximum Gasteiger partial charge on any atom is 0.220 e. The zero-order valence-corrected chi connectivity index (χ0v) is 13.2. The summed E-state index contributed by atoms with van der Waals surface area (Å²) in [5.74, 6) is 1.77. The number of aliphatic hydroxyl groups excluding tert-OH is 1. The predicted molar refractivity (Wildman–Crippen MR) is 78.1 cm³/mol. The van der Waals surface area contributed by atoms with Gasteiger partial charge in [0, 0.05) is 16.8 Å². The Morgan fingerprint density at radius 3 is 2.53 bits per heavy atom. The van der Waals surface area contributed by atoms with E-state index in [1.54, 1.807) is 0 Å². The summed E-state index contributed by atoms with van der Waals surface area (Å²) in [6.07, 6.45) is 8.27. The van der Waals surface area contributed by atoms with Crippen LogP contribution < -0.4 is 5.32 Å². The molecular formula is C15H24BrNO2. The van der Waals surface area contributed by atoms with Crippen molar-refractivity contribution in [2.24, 2.45) is 17.3 Å². The maximum atomic E-state index is 12.2. The van der Waals surface area contributed by atoms with Gasteiger partial charge in [-0.25, -0.2) is 0 Å². The van der Waals surface area contributed by atoms with Crippen LogP contribution in [0.15, 0.2) is 0 Å². The number of carbonyl (C=O) groups is 1. The second-order valence-electron chi connectivity index (χ2n) is 7.44. The topological polar surface area (TPSA) is 49.3 Å². The third-order valence-corrected chi connectivity index (χ3v) is 6.26. The van der Waals surface area contributed by atoms with Crippen molar-refractivity contribution in [3.63, 3.8) is 0 Å². The van der Waals surface area contributed by atoms with Crippen LogP contribution in [-0.4, -0.2) is 28.0 Å². The number of nitrogens with one attached hydrogen (secondary N) is 1. The predicted octanol–water partition coefficient (Wildman–Crippen LogP) is 2.61. The third-order valence-electron chi connectivity index (χ3n) is 5.33. The van der Waals surface area contributed by atoms with Gasteiger partial charge in [-0.2, -0.15) is 0 Å². The van der Waals surface area contributed by atoms with Crippen LogP contribution in [-0.2, 0) is 4.79 Å². The van der Waals surface area contributed by atoms with Crippen LogP contribution in [0.3, 0.4) is 0 Å². The van der Waals surface area contributed by atoms with Crippen LogP contribution in [0.25, 0.3) is 0 Å². The molecule has 0 aromatic rings. The summed E-state index contributed by atoms with van der Waals surface area (Å²) in [7, 11) is 0. The van der Waals surface area contributed by atoms with Crippen molar-refractivity contribution in [3.05, 3.63) is 0 Å². The van der Waals surface area contributed by atoms with Gasteiger partial charge in [0.1, 0.15) is 0 Å². The van der Waals surface area contributed by atoms with Gasteiger partial charge in [-0.3, -0.25) is 4.79 Å². The largest absolute Gasteiger partial charge is 0.394 e. The number of hydrogen-bond acceptors (Lipinski definition) is 2. The molecule has 4 fully saturated rings. The van der Waals surface area contributed by atoms with E-state index in [0.717, 1.165) is 18.3 Å². The van der Waals surface area contributed by atoms with Crippen molar-refractivity contribution in [2.75, 3.05) is 6.61 Å². The summed E-state index contributed by atoms with van der Waals surface area (Å²) in [6, 6.07) is -0.126. The lowest BCUT2D eigenvalue weighted by atomic mass is 9.48. The second kappa shape index (κ2) is 4.73. The first-order valence-corrected chi connectivity index (χ1v) is 8.30. The molecule has 0 aromatic carbocycles. The molecule has 3 atom stereocenters. The summed E-state index contributed by atoms with van der Waals surface area (Å²) in [5.41, 5.74) is 0.229. The van der Waals surface area contributed by atoms with Crippen LogP contribution >= 0.6 is 15.9 Å². The van der Waals surface area contributed by atoms with Gasteiger partial charge >= 0.3 is 0 Å². The van der Waals surface area contributed by atoms with Gasteiger partial charge < -0.3 is 10.4 Å². The molecule has 0 heterocycles. The Morgan fingerprint density at radius 2 is 2.00 bits per heavy atom. The van der Waals surface area contributed by atoms with E-state index in [2.05, 4.69) is 21.2 Å². The Bertz CT molecular complexity index is 370. The average molecular weight is 330 g/mol. The van der Waals surface area contributed by atoms with Gasteiger partial charge in [-0.05, 0) is 62.7 Å². The lowest BCUT2D eigenvalue weighted by Crippen LogP contribution is -2.54. The molecule has 2 N–H and O–H groups in total. The SMILES string of the molecule is CC(CO)NC(=O)CC12CC3CC(CC(Br)(C3)C1)C2. The summed E-state index contributed by atoms with van der Waals surface area (Å²) in [6.45, 7) is 1.87. The van der Waals surface area contributed by atoms with E-state index < -0.39 is 0 Å². The van der Waals surface area contributed by atoms with Crippen LogP contribution in [0.2, 0.25) is 0 Å². The minimum atomic E-state index is -0.126. The minimum absolute atomic E-state index is 0.0202. The third kappa shape index (κ3) is 2.71. The first-order chi connectivity index (χ1) is 8.92. The van der Waals surface area contributed by atoms with Crippen LogP contribution in [0.5, 0.6) is 0 Å². The smallest absolute Gasteiger partial charge is 0.220 e. The Labute approximate surface area is 123 Å². The van der Waals surface area contributed by atoms with Crippen molar-refractivity contribution in [1.82, 2.24) is 5.32 Å². The first-order valence-electron chi connectivity index (χ1n) is 7.51. The number of amides is 1. The van der Waals surface area contributed by atoms with E-state index in [1.165, 1.54) is 32.1 Å². The molecule has 1 amide bonds. The molecule has 0 radical (unpaired) electrons. The molecule has 0 aromatic heterocycles. The Morgan fingerprint density at radius 1 is 1.37 bits per heavy atom. The van der Waals surface area contributed by atoms with Crippen molar-refractivity contribution >= 4 is 21.8 Å². The fourth-order valence-electron chi connectivity index (χ4n) is 5.25. The van der Waals surface area contributed by atoms with E-state index in [-0.39, 0.29) is 24.0 Å². The fraction of sp³-hybridized carbons (Fsp3) is 0.933. The molecule has 0 spiro atoms. The van der Waals surface area contributed by atoms with Gasteiger partial charge in [0.15, 0.2) is 0 Å². The summed E-state index contributed by atoms with van der Waals surface area (Å²) in [5, 5.41) is 11.9. The maximum absolute atomic E-state index is 12.2. The highest BCUT2D eigenvalue weighted by molar-refractivity contribution is 9.10. The van der Waals surface area contributed by atoms with Gasteiger partial charge in [-0.1, -0.05) is 15.9 Å². The van der Waals surface area contributed by atoms with E-state index in [1.807, 2.05) is 6.92 Å². The lowest BCUT2D eigenvalue weighted by molar-refractivity contribution is -0.129. The van der Waals surface area contributed by atoms with E-state index >= 15 is 0 Å². The summed E-state index contributed by atoms with van der Waals surface area (Å²) >= 11 is 3.98. The molecule has 4 aliphatic carbocycles. The minimum Gasteiger partial charge on any atom is -0.394 e. The van der Waals surface area contributed by atoms with Gasteiger partial charge in [0.05, 0.1) is 6.61 Å². The molecule has 0 aliphatic heterocycles. The highest BCUT2D eigenvalue weighted by Crippen LogP contribution is 2.65. The average Bonchev–Trinajstić information content (AvgIpc) is 2.23. The number of halogens is 1. The van der Waals surface area contributed by atoms with Crippen molar-refractivity contribution < 1.29 is 9.90 Å². The number of carbonyl (C=O) groups excluding carboxylic acids is 1. The zero-order chi connectivity index (χ0) is 13.7.